The second-order valence-corrected chi connectivity index (χ2v) is 4.95. The average Bonchev–Trinajstić information content (AvgIpc) is 2.24. The molecule has 15 heavy (non-hydrogen) atoms. The summed E-state index contributed by atoms with van der Waals surface area (Å²) in [6.45, 7) is 5.47. The first-order valence-corrected chi connectivity index (χ1v) is 6.53. The minimum absolute atomic E-state index is 0.743. The predicted molar refractivity (Wildman–Crippen MR) is 71.7 cm³/mol. The van der Waals surface area contributed by atoms with Crippen molar-refractivity contribution < 1.29 is 0 Å². The molecular formula is C12H17BrClN. The van der Waals surface area contributed by atoms with Crippen molar-refractivity contribution in [1.82, 2.24) is 0 Å². The first kappa shape index (κ1) is 12.9. The van der Waals surface area contributed by atoms with E-state index in [1.165, 1.54) is 12.8 Å². The fourth-order valence-corrected chi connectivity index (χ4v) is 1.87. The fourth-order valence-electron chi connectivity index (χ4n) is 1.45. The number of rotatable bonds is 5. The van der Waals surface area contributed by atoms with E-state index in [1.807, 2.05) is 18.2 Å². The van der Waals surface area contributed by atoms with E-state index in [2.05, 4.69) is 35.1 Å². The van der Waals surface area contributed by atoms with Crippen LogP contribution in [0.5, 0.6) is 0 Å². The van der Waals surface area contributed by atoms with E-state index in [4.69, 9.17) is 11.6 Å². The summed E-state index contributed by atoms with van der Waals surface area (Å²) in [5.74, 6) is 0.743. The van der Waals surface area contributed by atoms with E-state index in [-0.39, 0.29) is 0 Å². The van der Waals surface area contributed by atoms with E-state index >= 15 is 0 Å². The maximum atomic E-state index is 6.01. The summed E-state index contributed by atoms with van der Waals surface area (Å²) in [6, 6.07) is 5.96. The molecule has 0 aliphatic carbocycles. The molecule has 0 saturated carbocycles. The van der Waals surface area contributed by atoms with Crippen LogP contribution >= 0.6 is 27.5 Å². The Morgan fingerprint density at radius 3 is 2.53 bits per heavy atom. The third-order valence-corrected chi connectivity index (χ3v) is 3.90. The van der Waals surface area contributed by atoms with Crippen LogP contribution in [0.3, 0.4) is 0 Å². The van der Waals surface area contributed by atoms with Gasteiger partial charge in [0.25, 0.3) is 0 Å². The van der Waals surface area contributed by atoms with E-state index in [0.717, 1.165) is 27.6 Å². The number of anilines is 1. The molecule has 1 aromatic carbocycles. The van der Waals surface area contributed by atoms with Gasteiger partial charge in [0.2, 0.25) is 0 Å². The summed E-state index contributed by atoms with van der Waals surface area (Å²) >= 11 is 9.39. The lowest BCUT2D eigenvalue weighted by Gasteiger charge is -2.14. The first-order chi connectivity index (χ1) is 7.17. The Hall–Kier alpha value is -0.210. The van der Waals surface area contributed by atoms with Crippen LogP contribution in [-0.2, 0) is 0 Å². The van der Waals surface area contributed by atoms with Crippen LogP contribution in [0.2, 0.25) is 5.02 Å². The molecular weight excluding hydrogens is 273 g/mol. The molecule has 1 N–H and O–H groups in total. The molecule has 3 heteroatoms. The smallest absolute Gasteiger partial charge is 0.0568 e. The highest BCUT2D eigenvalue weighted by Crippen LogP contribution is 2.25. The molecule has 0 bridgehead atoms. The maximum absolute atomic E-state index is 6.01. The zero-order chi connectivity index (χ0) is 11.3. The lowest BCUT2D eigenvalue weighted by atomic mass is 10.0. The Kier molecular flexibility index (Phi) is 5.48. The summed E-state index contributed by atoms with van der Waals surface area (Å²) < 4.78 is 0.942. The van der Waals surface area contributed by atoms with Crippen molar-refractivity contribution in [3.8, 4) is 0 Å². The highest BCUT2D eigenvalue weighted by molar-refractivity contribution is 9.10. The SMILES string of the molecule is CCC(CC)CNc1ccc(Br)c(Cl)c1. The highest BCUT2D eigenvalue weighted by Gasteiger charge is 2.03. The van der Waals surface area contributed by atoms with Crippen molar-refractivity contribution >= 4 is 33.2 Å². The van der Waals surface area contributed by atoms with Crippen molar-refractivity contribution in [1.29, 1.82) is 0 Å². The zero-order valence-electron chi connectivity index (χ0n) is 9.19. The minimum Gasteiger partial charge on any atom is -0.385 e. The summed E-state index contributed by atoms with van der Waals surface area (Å²) in [5, 5.41) is 4.16. The van der Waals surface area contributed by atoms with Gasteiger partial charge in [-0.1, -0.05) is 38.3 Å². The molecule has 1 aromatic rings. The van der Waals surface area contributed by atoms with Gasteiger partial charge in [0.15, 0.2) is 0 Å². The van der Waals surface area contributed by atoms with Crippen molar-refractivity contribution in [2.75, 3.05) is 11.9 Å². The van der Waals surface area contributed by atoms with Gasteiger partial charge in [0, 0.05) is 16.7 Å². The molecule has 84 valence electrons. The molecule has 0 saturated heterocycles. The Bertz CT molecular complexity index is 310. The van der Waals surface area contributed by atoms with Crippen LogP contribution in [0.25, 0.3) is 0 Å². The van der Waals surface area contributed by atoms with Crippen molar-refractivity contribution in [2.45, 2.75) is 26.7 Å². The van der Waals surface area contributed by atoms with Gasteiger partial charge >= 0.3 is 0 Å². The zero-order valence-corrected chi connectivity index (χ0v) is 11.5. The number of hydrogen-bond acceptors (Lipinski definition) is 1. The van der Waals surface area contributed by atoms with Crippen LogP contribution in [0.1, 0.15) is 26.7 Å². The second-order valence-electron chi connectivity index (χ2n) is 3.69. The molecule has 0 aromatic heterocycles. The Morgan fingerprint density at radius 1 is 1.33 bits per heavy atom. The summed E-state index contributed by atoms with van der Waals surface area (Å²) in [6.07, 6.45) is 2.43. The van der Waals surface area contributed by atoms with Crippen molar-refractivity contribution in [2.24, 2.45) is 5.92 Å². The normalized spacial score (nSPS) is 10.7. The molecule has 1 nitrogen and oxygen atoms in total. The van der Waals surface area contributed by atoms with Crippen molar-refractivity contribution in [3.05, 3.63) is 27.7 Å². The summed E-state index contributed by atoms with van der Waals surface area (Å²) in [7, 11) is 0. The molecule has 0 spiro atoms. The van der Waals surface area contributed by atoms with Gasteiger partial charge in [-0.3, -0.25) is 0 Å². The number of halogens is 2. The number of nitrogens with one attached hydrogen (secondary N) is 1. The third kappa shape index (κ3) is 4.04. The lowest BCUT2D eigenvalue weighted by molar-refractivity contribution is 0.519. The summed E-state index contributed by atoms with van der Waals surface area (Å²) in [5.41, 5.74) is 1.09. The van der Waals surface area contributed by atoms with Crippen molar-refractivity contribution in [3.63, 3.8) is 0 Å². The standard InChI is InChI=1S/C12H17BrClN/c1-3-9(4-2)8-15-10-5-6-11(13)12(14)7-10/h5-7,9,15H,3-4,8H2,1-2H3. The van der Waals surface area contributed by atoms with Crippen LogP contribution in [0, 0.1) is 5.92 Å². The predicted octanol–water partition coefficient (Wildman–Crippen LogP) is 4.95. The topological polar surface area (TPSA) is 12.0 Å². The van der Waals surface area contributed by atoms with Crippen LogP contribution in [0.4, 0.5) is 5.69 Å². The molecule has 1 rings (SSSR count). The Labute approximate surface area is 105 Å². The molecule has 0 atom stereocenters. The van der Waals surface area contributed by atoms with Gasteiger partial charge in [-0.25, -0.2) is 0 Å². The highest BCUT2D eigenvalue weighted by atomic mass is 79.9. The van der Waals surface area contributed by atoms with Crippen LogP contribution in [0.15, 0.2) is 22.7 Å². The monoisotopic (exact) mass is 289 g/mol. The molecule has 0 radical (unpaired) electrons. The fraction of sp³-hybridized carbons (Fsp3) is 0.500. The molecule has 0 fully saturated rings. The van der Waals surface area contributed by atoms with E-state index in [0.29, 0.717) is 0 Å². The molecule has 0 heterocycles. The van der Waals surface area contributed by atoms with Gasteiger partial charge in [-0.15, -0.1) is 0 Å². The number of hydrogen-bond donors (Lipinski definition) is 1. The largest absolute Gasteiger partial charge is 0.385 e. The van der Waals surface area contributed by atoms with E-state index < -0.39 is 0 Å². The number of benzene rings is 1. The quantitative estimate of drug-likeness (QED) is 0.809. The maximum Gasteiger partial charge on any atom is 0.0568 e. The average molecular weight is 291 g/mol. The van der Waals surface area contributed by atoms with Gasteiger partial charge in [-0.05, 0) is 40.0 Å². The second kappa shape index (κ2) is 6.39. The molecule has 0 unspecified atom stereocenters. The van der Waals surface area contributed by atoms with Gasteiger partial charge in [-0.2, -0.15) is 0 Å². The first-order valence-electron chi connectivity index (χ1n) is 5.36. The summed E-state index contributed by atoms with van der Waals surface area (Å²) in [4.78, 5) is 0. The minimum atomic E-state index is 0.743. The molecule has 0 aliphatic rings. The van der Waals surface area contributed by atoms with Crippen LogP contribution < -0.4 is 5.32 Å². The van der Waals surface area contributed by atoms with E-state index in [1.54, 1.807) is 0 Å². The Balaban J connectivity index is 2.54. The lowest BCUT2D eigenvalue weighted by Crippen LogP contribution is -2.12. The third-order valence-electron chi connectivity index (χ3n) is 2.67. The van der Waals surface area contributed by atoms with E-state index in [9.17, 15) is 0 Å². The molecule has 0 amide bonds. The Morgan fingerprint density at radius 2 is 2.00 bits per heavy atom. The van der Waals surface area contributed by atoms with Gasteiger partial charge < -0.3 is 5.32 Å². The van der Waals surface area contributed by atoms with Crippen LogP contribution in [-0.4, -0.2) is 6.54 Å². The molecule has 0 aliphatic heterocycles. The van der Waals surface area contributed by atoms with Gasteiger partial charge in [0.1, 0.15) is 0 Å². The van der Waals surface area contributed by atoms with Gasteiger partial charge in [0.05, 0.1) is 5.02 Å².